The summed E-state index contributed by atoms with van der Waals surface area (Å²) in [6, 6.07) is 3.98. The van der Waals surface area contributed by atoms with Gasteiger partial charge in [0, 0.05) is 19.3 Å². The molecular weight excluding hydrogens is 204 g/mol. The van der Waals surface area contributed by atoms with Gasteiger partial charge in [0.1, 0.15) is 11.9 Å². The second kappa shape index (κ2) is 4.11. The van der Waals surface area contributed by atoms with E-state index in [4.69, 9.17) is 4.74 Å². The first-order valence-electron chi connectivity index (χ1n) is 5.44. The maximum Gasteiger partial charge on any atom is 0.137 e. The van der Waals surface area contributed by atoms with Crippen molar-refractivity contribution in [2.45, 2.75) is 6.10 Å². The molecule has 0 spiro atoms. The van der Waals surface area contributed by atoms with Crippen LogP contribution in [0.5, 0.6) is 0 Å². The third kappa shape index (κ3) is 1.75. The van der Waals surface area contributed by atoms with Crippen LogP contribution < -0.4 is 5.32 Å². The van der Waals surface area contributed by atoms with E-state index in [1.54, 1.807) is 0 Å². The third-order valence-electron chi connectivity index (χ3n) is 2.72. The number of hydrogen-bond donors (Lipinski definition) is 3. The average molecular weight is 218 g/mol. The molecule has 1 unspecified atom stereocenters. The van der Waals surface area contributed by atoms with E-state index in [0.29, 0.717) is 0 Å². The zero-order chi connectivity index (χ0) is 10.8. The van der Waals surface area contributed by atoms with Gasteiger partial charge in [0.25, 0.3) is 0 Å². The lowest BCUT2D eigenvalue weighted by atomic mass is 10.3. The number of morpholine rings is 1. The van der Waals surface area contributed by atoms with E-state index in [2.05, 4.69) is 20.3 Å². The Bertz CT molecular complexity index is 442. The van der Waals surface area contributed by atoms with Crippen LogP contribution in [0.25, 0.3) is 11.4 Å². The van der Waals surface area contributed by atoms with Gasteiger partial charge in [0.05, 0.1) is 24.2 Å². The Labute approximate surface area is 93.2 Å². The number of nitrogens with zero attached hydrogens (tertiary/aromatic N) is 1. The number of H-pyrrole nitrogens is 2. The van der Waals surface area contributed by atoms with Gasteiger partial charge in [0.2, 0.25) is 0 Å². The predicted molar refractivity (Wildman–Crippen MR) is 59.9 cm³/mol. The monoisotopic (exact) mass is 218 g/mol. The number of rotatable bonds is 2. The molecule has 16 heavy (non-hydrogen) atoms. The lowest BCUT2D eigenvalue weighted by molar-refractivity contribution is 0.0227. The van der Waals surface area contributed by atoms with Gasteiger partial charge in [0.15, 0.2) is 0 Å². The Morgan fingerprint density at radius 2 is 2.38 bits per heavy atom. The van der Waals surface area contributed by atoms with E-state index in [0.717, 1.165) is 36.9 Å². The minimum absolute atomic E-state index is 0.0393. The van der Waals surface area contributed by atoms with Crippen molar-refractivity contribution in [3.8, 4) is 11.4 Å². The van der Waals surface area contributed by atoms with Crippen LogP contribution in [0.2, 0.25) is 0 Å². The molecule has 0 bridgehead atoms. The van der Waals surface area contributed by atoms with E-state index < -0.39 is 0 Å². The molecule has 1 fully saturated rings. The highest BCUT2D eigenvalue weighted by molar-refractivity contribution is 5.53. The smallest absolute Gasteiger partial charge is 0.137 e. The summed E-state index contributed by atoms with van der Waals surface area (Å²) < 4.78 is 5.63. The van der Waals surface area contributed by atoms with Crippen LogP contribution in [0, 0.1) is 0 Å². The number of nitrogens with one attached hydrogen (secondary N) is 3. The standard InChI is InChI=1S/C11H14N4O/c1-2-8(13-3-1)9-6-14-11(15-9)10-7-12-4-5-16-10/h1-3,6,10,12-13H,4-5,7H2,(H,14,15). The summed E-state index contributed by atoms with van der Waals surface area (Å²) in [5, 5.41) is 3.28. The third-order valence-corrected chi connectivity index (χ3v) is 2.72. The highest BCUT2D eigenvalue weighted by Crippen LogP contribution is 2.20. The van der Waals surface area contributed by atoms with Gasteiger partial charge in [-0.2, -0.15) is 0 Å². The van der Waals surface area contributed by atoms with Crippen LogP contribution in [0.1, 0.15) is 11.9 Å². The molecule has 0 aliphatic carbocycles. The number of ether oxygens (including phenoxy) is 1. The van der Waals surface area contributed by atoms with Crippen LogP contribution in [0.3, 0.4) is 0 Å². The molecule has 0 radical (unpaired) electrons. The summed E-state index contributed by atoms with van der Waals surface area (Å²) >= 11 is 0. The average Bonchev–Trinajstić information content (AvgIpc) is 3.01. The molecule has 0 saturated carbocycles. The molecule has 3 N–H and O–H groups in total. The fourth-order valence-electron chi connectivity index (χ4n) is 1.88. The molecule has 2 aromatic heterocycles. The molecule has 84 valence electrons. The van der Waals surface area contributed by atoms with Gasteiger partial charge in [-0.15, -0.1) is 0 Å². The fraction of sp³-hybridized carbons (Fsp3) is 0.364. The maximum absolute atomic E-state index is 5.63. The zero-order valence-corrected chi connectivity index (χ0v) is 8.86. The minimum Gasteiger partial charge on any atom is -0.368 e. The van der Waals surface area contributed by atoms with Crippen molar-refractivity contribution >= 4 is 0 Å². The summed E-state index contributed by atoms with van der Waals surface area (Å²) in [5.74, 6) is 0.886. The van der Waals surface area contributed by atoms with Crippen molar-refractivity contribution < 1.29 is 4.74 Å². The molecule has 0 aromatic carbocycles. The summed E-state index contributed by atoms with van der Waals surface area (Å²) in [4.78, 5) is 10.8. The zero-order valence-electron chi connectivity index (χ0n) is 8.86. The number of aromatic amines is 2. The number of imidazole rings is 1. The lowest BCUT2D eigenvalue weighted by Gasteiger charge is -2.21. The summed E-state index contributed by atoms with van der Waals surface area (Å²) in [5.41, 5.74) is 2.04. The van der Waals surface area contributed by atoms with Crippen molar-refractivity contribution in [3.63, 3.8) is 0 Å². The van der Waals surface area contributed by atoms with Crippen molar-refractivity contribution in [1.29, 1.82) is 0 Å². The summed E-state index contributed by atoms with van der Waals surface area (Å²) in [6.07, 6.45) is 3.77. The van der Waals surface area contributed by atoms with E-state index in [9.17, 15) is 0 Å². The van der Waals surface area contributed by atoms with Gasteiger partial charge >= 0.3 is 0 Å². The lowest BCUT2D eigenvalue weighted by Crippen LogP contribution is -2.33. The first kappa shape index (κ1) is 9.62. The highest BCUT2D eigenvalue weighted by Gasteiger charge is 2.18. The number of hydrogen-bond acceptors (Lipinski definition) is 3. The largest absolute Gasteiger partial charge is 0.368 e. The quantitative estimate of drug-likeness (QED) is 0.706. The van der Waals surface area contributed by atoms with Crippen LogP contribution >= 0.6 is 0 Å². The fourth-order valence-corrected chi connectivity index (χ4v) is 1.88. The normalized spacial score (nSPS) is 21.1. The molecule has 2 aromatic rings. The molecule has 5 heteroatoms. The number of aromatic nitrogens is 3. The molecular formula is C11H14N4O. The Hall–Kier alpha value is -1.59. The molecule has 1 aliphatic heterocycles. The van der Waals surface area contributed by atoms with E-state index in [1.165, 1.54) is 0 Å². The highest BCUT2D eigenvalue weighted by atomic mass is 16.5. The van der Waals surface area contributed by atoms with Crippen molar-refractivity contribution in [1.82, 2.24) is 20.3 Å². The minimum atomic E-state index is 0.0393. The SMILES string of the molecule is c1c[nH]c(-c2cnc(C3CNCCO3)[nH]2)c1. The predicted octanol–water partition coefficient (Wildman–Crippen LogP) is 1.07. The molecule has 0 amide bonds. The Morgan fingerprint density at radius 1 is 1.38 bits per heavy atom. The van der Waals surface area contributed by atoms with E-state index in [-0.39, 0.29) is 6.10 Å². The van der Waals surface area contributed by atoms with Crippen molar-refractivity contribution in [2.24, 2.45) is 0 Å². The second-order valence-electron chi connectivity index (χ2n) is 3.83. The van der Waals surface area contributed by atoms with Gasteiger partial charge < -0.3 is 20.0 Å². The Balaban J connectivity index is 1.82. The van der Waals surface area contributed by atoms with E-state index in [1.807, 2.05) is 24.5 Å². The van der Waals surface area contributed by atoms with E-state index >= 15 is 0 Å². The van der Waals surface area contributed by atoms with Crippen LogP contribution in [0.4, 0.5) is 0 Å². The second-order valence-corrected chi connectivity index (χ2v) is 3.83. The Morgan fingerprint density at radius 3 is 3.12 bits per heavy atom. The molecule has 3 heterocycles. The first-order chi connectivity index (χ1) is 7.93. The van der Waals surface area contributed by atoms with Gasteiger partial charge in [-0.05, 0) is 12.1 Å². The van der Waals surface area contributed by atoms with Crippen LogP contribution in [-0.2, 0) is 4.74 Å². The van der Waals surface area contributed by atoms with Crippen molar-refractivity contribution in [2.75, 3.05) is 19.7 Å². The molecule has 1 saturated heterocycles. The topological polar surface area (TPSA) is 65.7 Å². The molecule has 1 aliphatic rings. The molecule has 3 rings (SSSR count). The van der Waals surface area contributed by atoms with Crippen LogP contribution in [-0.4, -0.2) is 34.6 Å². The summed E-state index contributed by atoms with van der Waals surface area (Å²) in [7, 11) is 0. The Kier molecular flexibility index (Phi) is 2.47. The van der Waals surface area contributed by atoms with Gasteiger partial charge in [-0.3, -0.25) is 0 Å². The van der Waals surface area contributed by atoms with Crippen LogP contribution in [0.15, 0.2) is 24.5 Å². The molecule has 5 nitrogen and oxygen atoms in total. The van der Waals surface area contributed by atoms with Crippen molar-refractivity contribution in [3.05, 3.63) is 30.4 Å². The first-order valence-corrected chi connectivity index (χ1v) is 5.44. The maximum atomic E-state index is 5.63. The molecule has 1 atom stereocenters. The summed E-state index contributed by atoms with van der Waals surface area (Å²) in [6.45, 7) is 2.47. The van der Waals surface area contributed by atoms with Gasteiger partial charge in [-0.25, -0.2) is 4.98 Å². The van der Waals surface area contributed by atoms with Gasteiger partial charge in [-0.1, -0.05) is 0 Å².